The third-order valence-corrected chi connectivity index (χ3v) is 6.59. The Morgan fingerprint density at radius 1 is 1.24 bits per heavy atom. The lowest BCUT2D eigenvalue weighted by Crippen LogP contribution is -2.16. The van der Waals surface area contributed by atoms with Crippen molar-refractivity contribution in [1.29, 1.82) is 0 Å². The molecule has 1 aromatic heterocycles. The summed E-state index contributed by atoms with van der Waals surface area (Å²) < 4.78 is 22.2. The lowest BCUT2D eigenvalue weighted by atomic mass is 10.0. The highest BCUT2D eigenvalue weighted by molar-refractivity contribution is 8.24. The maximum absolute atomic E-state index is 11.9. The van der Waals surface area contributed by atoms with Crippen molar-refractivity contribution in [3.8, 4) is 11.1 Å². The summed E-state index contributed by atoms with van der Waals surface area (Å²) in [7, 11) is -1.06. The fraction of sp³-hybridized carbons (Fsp3) is 0.421. The van der Waals surface area contributed by atoms with Gasteiger partial charge in [-0.25, -0.2) is 0 Å². The highest BCUT2D eigenvalue weighted by Gasteiger charge is 2.22. The molecule has 3 rings (SSSR count). The standard InChI is InChI=1S/C19H26N2O3S/c1-4-25(23,24)15-7-8-18(20-11-14-5-6-14)16(10-15)17-12-21(3)19(22)9-13(17)2/h7-10,12,14,20,23-24H,4-6,11H2,1-3H3. The number of pyridine rings is 1. The number of hydrogen-bond acceptors (Lipinski definition) is 4. The third-order valence-electron chi connectivity index (χ3n) is 4.77. The Kier molecular flexibility index (Phi) is 4.95. The number of aryl methyl sites for hydroxylation is 2. The van der Waals surface area contributed by atoms with Gasteiger partial charge in [-0.2, -0.15) is 10.6 Å². The van der Waals surface area contributed by atoms with E-state index in [0.717, 1.165) is 34.8 Å². The molecule has 136 valence electrons. The first-order valence-corrected chi connectivity index (χ1v) is 10.3. The second-order valence-electron chi connectivity index (χ2n) is 6.81. The van der Waals surface area contributed by atoms with Gasteiger partial charge in [0.15, 0.2) is 0 Å². The summed E-state index contributed by atoms with van der Waals surface area (Å²) in [6, 6.07) is 7.17. The van der Waals surface area contributed by atoms with Crippen LogP contribution in [0, 0.1) is 12.8 Å². The number of nitrogens with zero attached hydrogens (tertiary/aromatic N) is 1. The van der Waals surface area contributed by atoms with Crippen molar-refractivity contribution in [3.63, 3.8) is 0 Å². The van der Waals surface area contributed by atoms with Crippen molar-refractivity contribution in [2.24, 2.45) is 13.0 Å². The van der Waals surface area contributed by atoms with Gasteiger partial charge >= 0.3 is 0 Å². The van der Waals surface area contributed by atoms with E-state index >= 15 is 0 Å². The van der Waals surface area contributed by atoms with E-state index in [1.807, 2.05) is 25.3 Å². The molecule has 0 spiro atoms. The molecule has 0 atom stereocenters. The molecule has 0 aliphatic heterocycles. The second kappa shape index (κ2) is 6.86. The minimum atomic E-state index is -2.79. The monoisotopic (exact) mass is 362 g/mol. The molecule has 3 N–H and O–H groups in total. The predicted octanol–water partition coefficient (Wildman–Crippen LogP) is 4.31. The van der Waals surface area contributed by atoms with Crippen LogP contribution in [-0.2, 0) is 7.05 Å². The topological polar surface area (TPSA) is 74.5 Å². The first kappa shape index (κ1) is 18.0. The zero-order valence-electron chi connectivity index (χ0n) is 15.0. The Balaban J connectivity index is 2.10. The molecule has 0 radical (unpaired) electrons. The van der Waals surface area contributed by atoms with Crippen LogP contribution in [0.5, 0.6) is 0 Å². The average Bonchev–Trinajstić information content (AvgIpc) is 3.40. The fourth-order valence-electron chi connectivity index (χ4n) is 2.85. The van der Waals surface area contributed by atoms with Crippen LogP contribution in [0.15, 0.2) is 40.2 Å². The van der Waals surface area contributed by atoms with Gasteiger partial charge in [-0.1, -0.05) is 0 Å². The van der Waals surface area contributed by atoms with Crippen molar-refractivity contribution < 1.29 is 9.11 Å². The highest BCUT2D eigenvalue weighted by Crippen LogP contribution is 2.49. The first-order valence-electron chi connectivity index (χ1n) is 8.63. The summed E-state index contributed by atoms with van der Waals surface area (Å²) >= 11 is 0. The van der Waals surface area contributed by atoms with Crippen LogP contribution >= 0.6 is 10.6 Å². The zero-order valence-corrected chi connectivity index (χ0v) is 15.8. The summed E-state index contributed by atoms with van der Waals surface area (Å²) in [6.45, 7) is 4.60. The van der Waals surface area contributed by atoms with Crippen LogP contribution in [0.3, 0.4) is 0 Å². The molecule has 1 aromatic carbocycles. The Labute approximate surface area is 150 Å². The summed E-state index contributed by atoms with van der Waals surface area (Å²) in [5.41, 5.74) is 3.61. The van der Waals surface area contributed by atoms with Crippen LogP contribution in [-0.4, -0.2) is 26.0 Å². The molecule has 1 saturated carbocycles. The highest BCUT2D eigenvalue weighted by atomic mass is 32.3. The Morgan fingerprint density at radius 3 is 2.60 bits per heavy atom. The van der Waals surface area contributed by atoms with Crippen molar-refractivity contribution in [2.45, 2.75) is 31.6 Å². The molecule has 6 heteroatoms. The van der Waals surface area contributed by atoms with Crippen molar-refractivity contribution >= 4 is 16.3 Å². The summed E-state index contributed by atoms with van der Waals surface area (Å²) in [5.74, 6) is 1.01. The number of aromatic nitrogens is 1. The second-order valence-corrected chi connectivity index (χ2v) is 9.19. The lowest BCUT2D eigenvalue weighted by molar-refractivity contribution is 0.488. The number of hydrogen-bond donors (Lipinski definition) is 3. The summed E-state index contributed by atoms with van der Waals surface area (Å²) in [6.07, 6.45) is 4.34. The van der Waals surface area contributed by atoms with E-state index in [4.69, 9.17) is 0 Å². The molecule has 1 aliphatic carbocycles. The van der Waals surface area contributed by atoms with Gasteiger partial charge in [0.2, 0.25) is 0 Å². The van der Waals surface area contributed by atoms with Crippen molar-refractivity contribution in [3.05, 3.63) is 46.4 Å². The van der Waals surface area contributed by atoms with E-state index in [1.54, 1.807) is 30.7 Å². The van der Waals surface area contributed by atoms with Crippen LogP contribution in [0.4, 0.5) is 5.69 Å². The fourth-order valence-corrected chi connectivity index (χ4v) is 3.78. The van der Waals surface area contributed by atoms with Gasteiger partial charge in [-0.05, 0) is 56.4 Å². The Bertz CT molecular complexity index is 841. The minimum Gasteiger partial charge on any atom is -0.384 e. The molecule has 0 unspecified atom stereocenters. The van der Waals surface area contributed by atoms with E-state index in [1.165, 1.54) is 12.8 Å². The molecule has 0 amide bonds. The number of benzene rings is 1. The minimum absolute atomic E-state index is 0.0530. The molecule has 5 nitrogen and oxygen atoms in total. The number of anilines is 1. The van der Waals surface area contributed by atoms with Gasteiger partial charge in [0.25, 0.3) is 5.56 Å². The maximum atomic E-state index is 11.9. The summed E-state index contributed by atoms with van der Waals surface area (Å²) in [5, 5.41) is 3.49. The molecular formula is C19H26N2O3S. The molecule has 2 aromatic rings. The maximum Gasteiger partial charge on any atom is 0.250 e. The van der Waals surface area contributed by atoms with E-state index in [9.17, 15) is 13.9 Å². The van der Waals surface area contributed by atoms with Crippen LogP contribution in [0.25, 0.3) is 11.1 Å². The van der Waals surface area contributed by atoms with E-state index in [0.29, 0.717) is 4.90 Å². The van der Waals surface area contributed by atoms with Gasteiger partial charge in [-0.15, -0.1) is 0 Å². The van der Waals surface area contributed by atoms with Crippen LogP contribution in [0.2, 0.25) is 0 Å². The zero-order chi connectivity index (χ0) is 18.2. The van der Waals surface area contributed by atoms with Gasteiger partial charge in [0, 0.05) is 48.4 Å². The van der Waals surface area contributed by atoms with Crippen molar-refractivity contribution in [1.82, 2.24) is 4.57 Å². The third kappa shape index (κ3) is 3.92. The molecule has 0 saturated heterocycles. The average molecular weight is 362 g/mol. The van der Waals surface area contributed by atoms with Gasteiger partial charge in [0.05, 0.1) is 4.90 Å². The first-order chi connectivity index (χ1) is 11.8. The molecule has 1 fully saturated rings. The Hall–Kier alpha value is -1.76. The van der Waals surface area contributed by atoms with Gasteiger partial charge < -0.3 is 9.88 Å². The van der Waals surface area contributed by atoms with E-state index < -0.39 is 10.6 Å². The molecule has 0 bridgehead atoms. The largest absolute Gasteiger partial charge is 0.384 e. The molecule has 25 heavy (non-hydrogen) atoms. The van der Waals surface area contributed by atoms with Gasteiger partial charge in [-0.3, -0.25) is 13.9 Å². The van der Waals surface area contributed by atoms with E-state index in [2.05, 4.69) is 5.32 Å². The summed E-state index contributed by atoms with van der Waals surface area (Å²) in [4.78, 5) is 12.4. The molecular weight excluding hydrogens is 336 g/mol. The Morgan fingerprint density at radius 2 is 1.96 bits per heavy atom. The lowest BCUT2D eigenvalue weighted by Gasteiger charge is -2.31. The quantitative estimate of drug-likeness (QED) is 0.716. The normalized spacial score (nSPS) is 15.2. The van der Waals surface area contributed by atoms with Crippen LogP contribution < -0.4 is 10.9 Å². The predicted molar refractivity (Wildman–Crippen MR) is 105 cm³/mol. The number of nitrogens with one attached hydrogen (secondary N) is 1. The SMILES string of the molecule is CCS(O)(O)c1ccc(NCC2CC2)c(-c2cn(C)c(=O)cc2C)c1. The molecule has 1 heterocycles. The number of rotatable bonds is 6. The van der Waals surface area contributed by atoms with Crippen molar-refractivity contribution in [2.75, 3.05) is 17.6 Å². The van der Waals surface area contributed by atoms with Crippen LogP contribution in [0.1, 0.15) is 25.3 Å². The smallest absolute Gasteiger partial charge is 0.250 e. The molecule has 1 aliphatic rings. The van der Waals surface area contributed by atoms with E-state index in [-0.39, 0.29) is 11.3 Å². The van der Waals surface area contributed by atoms with Gasteiger partial charge in [0.1, 0.15) is 0 Å².